The molecule has 2 heterocycles. The molecule has 1 N–H and O–H groups in total. The van der Waals surface area contributed by atoms with E-state index in [4.69, 9.17) is 0 Å². The Morgan fingerprint density at radius 1 is 1.60 bits per heavy atom. The molecule has 0 spiro atoms. The lowest BCUT2D eigenvalue weighted by Gasteiger charge is -2.09. The van der Waals surface area contributed by atoms with Crippen LogP contribution in [0.15, 0.2) is 23.3 Å². The Hall–Kier alpha value is -1.25. The monoisotopic (exact) mass is 135 g/mol. The number of aromatic nitrogens is 1. The van der Waals surface area contributed by atoms with Crippen LogP contribution in [0.3, 0.4) is 0 Å². The van der Waals surface area contributed by atoms with Crippen LogP contribution in [0.2, 0.25) is 0 Å². The maximum absolute atomic E-state index is 4.10. The summed E-state index contributed by atoms with van der Waals surface area (Å²) >= 11 is 0. The molecule has 0 radical (unpaired) electrons. The molecule has 0 saturated carbocycles. The molecule has 1 aliphatic heterocycles. The van der Waals surface area contributed by atoms with Gasteiger partial charge < -0.3 is 9.88 Å². The molecule has 2 rings (SSSR count). The van der Waals surface area contributed by atoms with Gasteiger partial charge in [-0.2, -0.15) is 0 Å². The van der Waals surface area contributed by atoms with Crippen molar-refractivity contribution in [2.45, 2.75) is 0 Å². The SMILES string of the molecule is C1=NCCN1c1ccc[nH]1. The van der Waals surface area contributed by atoms with E-state index in [0.29, 0.717) is 0 Å². The zero-order valence-electron chi connectivity index (χ0n) is 5.62. The first-order chi connectivity index (χ1) is 4.97. The predicted molar refractivity (Wildman–Crippen MR) is 41.5 cm³/mol. The third-order valence-electron chi connectivity index (χ3n) is 1.58. The van der Waals surface area contributed by atoms with E-state index < -0.39 is 0 Å². The maximum atomic E-state index is 4.10. The minimum absolute atomic E-state index is 0.916. The van der Waals surface area contributed by atoms with E-state index in [1.807, 2.05) is 24.7 Å². The van der Waals surface area contributed by atoms with Gasteiger partial charge in [-0.25, -0.2) is 0 Å². The Bertz CT molecular complexity index is 225. The predicted octanol–water partition coefficient (Wildman–Crippen LogP) is 0.863. The fourth-order valence-electron chi connectivity index (χ4n) is 1.06. The van der Waals surface area contributed by atoms with Gasteiger partial charge in [0.25, 0.3) is 0 Å². The first-order valence-corrected chi connectivity index (χ1v) is 3.37. The minimum atomic E-state index is 0.916. The lowest BCUT2D eigenvalue weighted by molar-refractivity contribution is 1.01. The van der Waals surface area contributed by atoms with Gasteiger partial charge in [0.15, 0.2) is 0 Å². The normalized spacial score (nSPS) is 16.6. The van der Waals surface area contributed by atoms with Gasteiger partial charge in [0.2, 0.25) is 0 Å². The Morgan fingerprint density at radius 3 is 3.20 bits per heavy atom. The summed E-state index contributed by atoms with van der Waals surface area (Å²) in [5.41, 5.74) is 0. The Balaban J connectivity index is 2.20. The van der Waals surface area contributed by atoms with Gasteiger partial charge in [-0.1, -0.05) is 0 Å². The van der Waals surface area contributed by atoms with Gasteiger partial charge in [-0.3, -0.25) is 4.99 Å². The number of nitrogens with one attached hydrogen (secondary N) is 1. The second-order valence-corrected chi connectivity index (χ2v) is 2.27. The average molecular weight is 135 g/mol. The highest BCUT2D eigenvalue weighted by Crippen LogP contribution is 2.09. The molecule has 1 aromatic rings. The van der Waals surface area contributed by atoms with Gasteiger partial charge >= 0.3 is 0 Å². The smallest absolute Gasteiger partial charge is 0.111 e. The van der Waals surface area contributed by atoms with Crippen molar-refractivity contribution >= 4 is 12.2 Å². The fraction of sp³-hybridized carbons (Fsp3) is 0.286. The summed E-state index contributed by atoms with van der Waals surface area (Å²) in [6.45, 7) is 1.92. The molecule has 10 heavy (non-hydrogen) atoms. The molecule has 0 aliphatic carbocycles. The molecule has 0 unspecified atom stereocenters. The summed E-state index contributed by atoms with van der Waals surface area (Å²) in [5, 5.41) is 0. The number of rotatable bonds is 1. The number of H-pyrrole nitrogens is 1. The standard InChI is InChI=1S/C7H9N3/c1-2-7(9-3-1)10-5-4-8-6-10/h1-3,6,9H,4-5H2. The number of nitrogens with zero attached hydrogens (tertiary/aromatic N) is 2. The maximum Gasteiger partial charge on any atom is 0.111 e. The van der Waals surface area contributed by atoms with Crippen molar-refractivity contribution in [1.82, 2.24) is 4.98 Å². The first-order valence-electron chi connectivity index (χ1n) is 3.37. The molecule has 1 aromatic heterocycles. The van der Waals surface area contributed by atoms with Crippen molar-refractivity contribution in [1.29, 1.82) is 0 Å². The Kier molecular flexibility index (Phi) is 1.20. The number of anilines is 1. The molecule has 52 valence electrons. The van der Waals surface area contributed by atoms with Gasteiger partial charge in [0.05, 0.1) is 12.9 Å². The Morgan fingerprint density at radius 2 is 2.60 bits per heavy atom. The summed E-state index contributed by atoms with van der Waals surface area (Å²) in [6, 6.07) is 4.03. The molecule has 3 heteroatoms. The Labute approximate surface area is 59.4 Å². The van der Waals surface area contributed by atoms with Crippen LogP contribution in [-0.2, 0) is 0 Å². The van der Waals surface area contributed by atoms with E-state index in [1.54, 1.807) is 0 Å². The average Bonchev–Trinajstić information content (AvgIpc) is 2.59. The van der Waals surface area contributed by atoms with Crippen LogP contribution in [0.25, 0.3) is 0 Å². The van der Waals surface area contributed by atoms with E-state index in [2.05, 4.69) is 14.9 Å². The van der Waals surface area contributed by atoms with Gasteiger partial charge in [0, 0.05) is 12.7 Å². The number of aromatic amines is 1. The minimum Gasteiger partial charge on any atom is -0.348 e. The highest BCUT2D eigenvalue weighted by atomic mass is 15.2. The van der Waals surface area contributed by atoms with E-state index in [9.17, 15) is 0 Å². The van der Waals surface area contributed by atoms with Crippen LogP contribution < -0.4 is 4.90 Å². The van der Waals surface area contributed by atoms with E-state index in [1.165, 1.54) is 0 Å². The molecular weight excluding hydrogens is 126 g/mol. The second kappa shape index (κ2) is 2.17. The van der Waals surface area contributed by atoms with Crippen molar-refractivity contribution in [2.75, 3.05) is 18.0 Å². The molecular formula is C7H9N3. The zero-order chi connectivity index (χ0) is 6.81. The topological polar surface area (TPSA) is 31.4 Å². The van der Waals surface area contributed by atoms with Gasteiger partial charge in [-0.15, -0.1) is 0 Å². The third-order valence-corrected chi connectivity index (χ3v) is 1.58. The summed E-state index contributed by atoms with van der Waals surface area (Å²) < 4.78 is 0. The van der Waals surface area contributed by atoms with Crippen molar-refractivity contribution in [3.63, 3.8) is 0 Å². The summed E-state index contributed by atoms with van der Waals surface area (Å²) in [7, 11) is 0. The van der Waals surface area contributed by atoms with E-state index in [-0.39, 0.29) is 0 Å². The van der Waals surface area contributed by atoms with Crippen LogP contribution in [0.5, 0.6) is 0 Å². The third kappa shape index (κ3) is 0.795. The molecule has 0 fully saturated rings. The number of hydrogen-bond donors (Lipinski definition) is 1. The molecule has 1 aliphatic rings. The quantitative estimate of drug-likeness (QED) is 0.608. The molecule has 0 atom stereocenters. The van der Waals surface area contributed by atoms with E-state index >= 15 is 0 Å². The summed E-state index contributed by atoms with van der Waals surface area (Å²) in [5.74, 6) is 1.13. The van der Waals surface area contributed by atoms with Crippen molar-refractivity contribution < 1.29 is 0 Å². The molecule has 3 nitrogen and oxygen atoms in total. The summed E-state index contributed by atoms with van der Waals surface area (Å²) in [4.78, 5) is 9.31. The van der Waals surface area contributed by atoms with Gasteiger partial charge in [0.1, 0.15) is 5.82 Å². The number of hydrogen-bond acceptors (Lipinski definition) is 2. The van der Waals surface area contributed by atoms with Crippen LogP contribution in [0, 0.1) is 0 Å². The highest BCUT2D eigenvalue weighted by molar-refractivity contribution is 5.79. The summed E-state index contributed by atoms with van der Waals surface area (Å²) in [6.07, 6.45) is 3.79. The van der Waals surface area contributed by atoms with Crippen molar-refractivity contribution in [3.05, 3.63) is 18.3 Å². The van der Waals surface area contributed by atoms with Crippen LogP contribution in [0.1, 0.15) is 0 Å². The fourth-order valence-corrected chi connectivity index (χ4v) is 1.06. The first kappa shape index (κ1) is 5.53. The molecule has 0 bridgehead atoms. The second-order valence-electron chi connectivity index (χ2n) is 2.27. The molecule has 0 amide bonds. The largest absolute Gasteiger partial charge is 0.348 e. The van der Waals surface area contributed by atoms with Gasteiger partial charge in [-0.05, 0) is 12.1 Å². The molecule has 0 aromatic carbocycles. The lowest BCUT2D eigenvalue weighted by Crippen LogP contribution is -2.18. The zero-order valence-corrected chi connectivity index (χ0v) is 5.62. The van der Waals surface area contributed by atoms with Crippen LogP contribution >= 0.6 is 0 Å². The highest BCUT2D eigenvalue weighted by Gasteiger charge is 2.06. The van der Waals surface area contributed by atoms with Crippen LogP contribution in [-0.4, -0.2) is 24.4 Å². The molecule has 0 saturated heterocycles. The number of aliphatic imine (C=N–C) groups is 1. The van der Waals surface area contributed by atoms with Crippen molar-refractivity contribution in [3.8, 4) is 0 Å². The van der Waals surface area contributed by atoms with E-state index in [0.717, 1.165) is 18.9 Å². The van der Waals surface area contributed by atoms with Crippen molar-refractivity contribution in [2.24, 2.45) is 4.99 Å². The van der Waals surface area contributed by atoms with Crippen LogP contribution in [0.4, 0.5) is 5.82 Å². The lowest BCUT2D eigenvalue weighted by atomic mass is 10.5.